The average Bonchev–Trinajstić information content (AvgIpc) is 1.88. The Morgan fingerprint density at radius 2 is 2.00 bits per heavy atom. The Morgan fingerprint density at radius 3 is 2.36 bits per heavy atom. The Labute approximate surface area is 81.2 Å². The van der Waals surface area contributed by atoms with Crippen molar-refractivity contribution in [3.63, 3.8) is 0 Å². The predicted molar refractivity (Wildman–Crippen MR) is 38.5 cm³/mol. The van der Waals surface area contributed by atoms with E-state index in [0.717, 1.165) is 12.8 Å². The molecule has 0 radical (unpaired) electrons. The molecule has 0 aliphatic heterocycles. The molecule has 0 heterocycles. The van der Waals surface area contributed by atoms with Crippen LogP contribution in [-0.2, 0) is 26.5 Å². The van der Waals surface area contributed by atoms with Crippen molar-refractivity contribution in [1.29, 1.82) is 0 Å². The fourth-order valence-electron chi connectivity index (χ4n) is 0.632. The molecule has 0 saturated carbocycles. The molecule has 0 aromatic carbocycles. The zero-order chi connectivity index (χ0) is 7.98. The van der Waals surface area contributed by atoms with Gasteiger partial charge in [-0.25, -0.2) is 0 Å². The van der Waals surface area contributed by atoms with Gasteiger partial charge in [-0.2, -0.15) is 0 Å². The molecule has 11 heavy (non-hydrogen) atoms. The topological polar surface area (TPSA) is 89.3 Å². The molecule has 0 rings (SSSR count). The van der Waals surface area contributed by atoms with E-state index in [-0.39, 0.29) is 21.7 Å². The fraction of sp³-hybridized carbons (Fsp3) is 0.833. The van der Waals surface area contributed by atoms with E-state index < -0.39 is 12.0 Å². The summed E-state index contributed by atoms with van der Waals surface area (Å²) in [6.07, 6.45) is 2.16. The predicted octanol–water partition coefficient (Wildman–Crippen LogP) is -0.475. The van der Waals surface area contributed by atoms with E-state index in [1.165, 1.54) is 0 Å². The number of hydrogen-bond donors (Lipinski definition) is 3. The third-order valence-corrected chi connectivity index (χ3v) is 1.29. The van der Waals surface area contributed by atoms with Crippen molar-refractivity contribution >= 4 is 5.97 Å². The zero-order valence-electron chi connectivity index (χ0n) is 6.42. The van der Waals surface area contributed by atoms with Crippen LogP contribution in [0.25, 0.3) is 0 Å². The number of aliphatic carboxylic acids is 1. The van der Waals surface area contributed by atoms with Crippen LogP contribution in [0.2, 0.25) is 0 Å². The van der Waals surface area contributed by atoms with Crippen molar-refractivity contribution in [2.24, 2.45) is 11.5 Å². The summed E-state index contributed by atoms with van der Waals surface area (Å²) >= 11 is 0. The number of hydrogen-bond acceptors (Lipinski definition) is 3. The molecule has 5 N–H and O–H groups in total. The van der Waals surface area contributed by atoms with Crippen LogP contribution in [0.4, 0.5) is 0 Å². The van der Waals surface area contributed by atoms with Gasteiger partial charge in [0.1, 0.15) is 6.04 Å². The maximum atomic E-state index is 10.1. The number of unbranched alkanes of at least 4 members (excludes halogenated alkanes) is 1. The maximum absolute atomic E-state index is 10.1. The summed E-state index contributed by atoms with van der Waals surface area (Å²) < 4.78 is 0. The molecule has 0 bridgehead atoms. The SMILES string of the molecule is NCCCC[C@H](N)C(=O)O.[Ti]. The van der Waals surface area contributed by atoms with E-state index in [1.54, 1.807) is 0 Å². The van der Waals surface area contributed by atoms with Crippen LogP contribution >= 0.6 is 0 Å². The molecule has 0 aromatic rings. The molecule has 4 nitrogen and oxygen atoms in total. The normalized spacial score (nSPS) is 11.8. The van der Waals surface area contributed by atoms with E-state index in [0.29, 0.717) is 13.0 Å². The average molecular weight is 194 g/mol. The molecule has 64 valence electrons. The van der Waals surface area contributed by atoms with Gasteiger partial charge in [-0.3, -0.25) is 4.79 Å². The van der Waals surface area contributed by atoms with Crippen LogP contribution in [0.15, 0.2) is 0 Å². The van der Waals surface area contributed by atoms with Crippen molar-refractivity contribution in [2.75, 3.05) is 6.54 Å². The van der Waals surface area contributed by atoms with Gasteiger partial charge in [0, 0.05) is 21.7 Å². The summed E-state index contributed by atoms with van der Waals surface area (Å²) in [5.74, 6) is -0.933. The first-order valence-electron chi connectivity index (χ1n) is 3.37. The van der Waals surface area contributed by atoms with Gasteiger partial charge in [0.15, 0.2) is 0 Å². The third-order valence-electron chi connectivity index (χ3n) is 1.29. The molecule has 0 fully saturated rings. The van der Waals surface area contributed by atoms with Crippen molar-refractivity contribution in [3.8, 4) is 0 Å². The molecule has 0 spiro atoms. The van der Waals surface area contributed by atoms with Crippen molar-refractivity contribution in [2.45, 2.75) is 25.3 Å². The van der Waals surface area contributed by atoms with E-state index in [4.69, 9.17) is 16.6 Å². The summed E-state index contributed by atoms with van der Waals surface area (Å²) in [5.41, 5.74) is 10.4. The molecule has 0 unspecified atom stereocenters. The first-order valence-corrected chi connectivity index (χ1v) is 3.37. The van der Waals surface area contributed by atoms with E-state index >= 15 is 0 Å². The van der Waals surface area contributed by atoms with Gasteiger partial charge < -0.3 is 16.6 Å². The van der Waals surface area contributed by atoms with Crippen LogP contribution in [0.5, 0.6) is 0 Å². The first-order chi connectivity index (χ1) is 4.68. The van der Waals surface area contributed by atoms with E-state index in [9.17, 15) is 4.79 Å². The Balaban J connectivity index is 0. The maximum Gasteiger partial charge on any atom is 0.320 e. The van der Waals surface area contributed by atoms with E-state index in [1.807, 2.05) is 0 Å². The van der Waals surface area contributed by atoms with Gasteiger partial charge >= 0.3 is 5.97 Å². The molecule has 0 amide bonds. The van der Waals surface area contributed by atoms with Gasteiger partial charge in [0.05, 0.1) is 0 Å². The van der Waals surface area contributed by atoms with Gasteiger partial charge in [-0.1, -0.05) is 6.42 Å². The van der Waals surface area contributed by atoms with Crippen LogP contribution in [0.3, 0.4) is 0 Å². The monoisotopic (exact) mass is 194 g/mol. The molecule has 5 heteroatoms. The van der Waals surface area contributed by atoms with Crippen LogP contribution in [-0.4, -0.2) is 23.7 Å². The quantitative estimate of drug-likeness (QED) is 0.407. The summed E-state index contributed by atoms with van der Waals surface area (Å²) in [4.78, 5) is 10.1. The molecule has 0 aromatic heterocycles. The fourth-order valence-corrected chi connectivity index (χ4v) is 0.632. The number of carboxylic acids is 1. The van der Waals surface area contributed by atoms with Crippen LogP contribution in [0.1, 0.15) is 19.3 Å². The summed E-state index contributed by atoms with van der Waals surface area (Å²) in [5, 5.41) is 8.33. The molecule has 0 aliphatic carbocycles. The largest absolute Gasteiger partial charge is 0.480 e. The Bertz CT molecular complexity index is 111. The van der Waals surface area contributed by atoms with Crippen molar-refractivity contribution in [1.82, 2.24) is 0 Å². The number of carboxylic acid groups (broad SMARTS) is 1. The zero-order valence-corrected chi connectivity index (χ0v) is 7.98. The van der Waals surface area contributed by atoms with Crippen LogP contribution < -0.4 is 11.5 Å². The second-order valence-electron chi connectivity index (χ2n) is 2.23. The second kappa shape index (κ2) is 8.20. The van der Waals surface area contributed by atoms with Gasteiger partial charge in [-0.15, -0.1) is 0 Å². The molecule has 0 aliphatic rings. The minimum atomic E-state index is -0.933. The summed E-state index contributed by atoms with van der Waals surface area (Å²) in [6, 6.07) is -0.716. The number of carbonyl (C=O) groups is 1. The molecule has 0 saturated heterocycles. The minimum absolute atomic E-state index is 0. The number of rotatable bonds is 5. The second-order valence-corrected chi connectivity index (χ2v) is 2.23. The smallest absolute Gasteiger partial charge is 0.320 e. The third kappa shape index (κ3) is 8.01. The molecular weight excluding hydrogens is 180 g/mol. The Morgan fingerprint density at radius 1 is 1.45 bits per heavy atom. The number of nitrogens with two attached hydrogens (primary N) is 2. The van der Waals surface area contributed by atoms with Crippen molar-refractivity contribution < 1.29 is 31.6 Å². The van der Waals surface area contributed by atoms with E-state index in [2.05, 4.69) is 0 Å². The molecule has 1 atom stereocenters. The van der Waals surface area contributed by atoms with Crippen LogP contribution in [0, 0.1) is 0 Å². The van der Waals surface area contributed by atoms with Gasteiger partial charge in [0.2, 0.25) is 0 Å². The summed E-state index contributed by atoms with van der Waals surface area (Å²) in [6.45, 7) is 0.604. The molecular formula is C6H14N2O2Ti. The standard InChI is InChI=1S/C6H14N2O2.Ti/c7-4-2-1-3-5(8)6(9)10;/h5H,1-4,7-8H2,(H,9,10);/t5-;/m0./s1. The first kappa shape index (κ1) is 13.7. The Kier molecular flexibility index (Phi) is 10.2. The Hall–Kier alpha value is 0.104. The van der Waals surface area contributed by atoms with Crippen molar-refractivity contribution in [3.05, 3.63) is 0 Å². The summed E-state index contributed by atoms with van der Waals surface area (Å²) in [7, 11) is 0. The minimum Gasteiger partial charge on any atom is -0.480 e. The van der Waals surface area contributed by atoms with Gasteiger partial charge in [-0.05, 0) is 19.4 Å². The van der Waals surface area contributed by atoms with Gasteiger partial charge in [0.25, 0.3) is 0 Å².